The Morgan fingerprint density at radius 2 is 2.27 bits per heavy atom. The molecule has 136 valence electrons. The molecule has 1 amide bonds. The second kappa shape index (κ2) is 6.87. The van der Waals surface area contributed by atoms with Gasteiger partial charge >= 0.3 is 0 Å². The van der Waals surface area contributed by atoms with Crippen LogP contribution in [0.3, 0.4) is 0 Å². The Morgan fingerprint density at radius 3 is 3.12 bits per heavy atom. The molecule has 3 aromatic heterocycles. The lowest BCUT2D eigenvalue weighted by Gasteiger charge is -2.32. The van der Waals surface area contributed by atoms with Gasteiger partial charge in [-0.15, -0.1) is 0 Å². The van der Waals surface area contributed by atoms with Gasteiger partial charge in [-0.05, 0) is 31.9 Å². The molecule has 0 unspecified atom stereocenters. The molecule has 8 heteroatoms. The molecule has 1 saturated heterocycles. The fraction of sp³-hybridized carbons (Fsp3) is 0.444. The molecular formula is C18H22N6O2. The molecule has 1 N–H and O–H groups in total. The van der Waals surface area contributed by atoms with Crippen LogP contribution < -0.4 is 0 Å². The molecule has 0 radical (unpaired) electrons. The van der Waals surface area contributed by atoms with Crippen LogP contribution >= 0.6 is 0 Å². The van der Waals surface area contributed by atoms with Crippen molar-refractivity contribution in [1.29, 1.82) is 0 Å². The molecule has 1 atom stereocenters. The van der Waals surface area contributed by atoms with Crippen molar-refractivity contribution < 1.29 is 9.90 Å². The van der Waals surface area contributed by atoms with Gasteiger partial charge in [-0.1, -0.05) is 0 Å². The fourth-order valence-electron chi connectivity index (χ4n) is 3.63. The van der Waals surface area contributed by atoms with Crippen LogP contribution in [0.4, 0.5) is 0 Å². The Morgan fingerprint density at radius 1 is 1.38 bits per heavy atom. The molecular weight excluding hydrogens is 332 g/mol. The lowest BCUT2D eigenvalue weighted by molar-refractivity contribution is 0.0697. The van der Waals surface area contributed by atoms with Gasteiger partial charge in [0.1, 0.15) is 5.69 Å². The van der Waals surface area contributed by atoms with Crippen LogP contribution in [-0.4, -0.2) is 59.8 Å². The standard InChI is InChI=1S/C18H22N6O2/c1-13-16(24-8-3-6-19-18(24)20-13)17(26)22-7-2-4-14(12-22)15-5-9-23(21-15)10-11-25/h3,5-6,8-9,14,25H,2,4,7,10-12H2,1H3/t14-/m1/s1. The van der Waals surface area contributed by atoms with Crippen LogP contribution in [0.2, 0.25) is 0 Å². The minimum atomic E-state index is -0.0116. The summed E-state index contributed by atoms with van der Waals surface area (Å²) < 4.78 is 3.51. The third-order valence-electron chi connectivity index (χ3n) is 4.90. The van der Waals surface area contributed by atoms with Gasteiger partial charge < -0.3 is 10.0 Å². The van der Waals surface area contributed by atoms with E-state index in [0.717, 1.165) is 25.1 Å². The summed E-state index contributed by atoms with van der Waals surface area (Å²) in [6, 6.07) is 3.79. The van der Waals surface area contributed by atoms with E-state index in [2.05, 4.69) is 15.1 Å². The fourth-order valence-corrected chi connectivity index (χ4v) is 3.63. The van der Waals surface area contributed by atoms with Gasteiger partial charge in [-0.3, -0.25) is 13.9 Å². The predicted molar refractivity (Wildman–Crippen MR) is 94.9 cm³/mol. The zero-order valence-corrected chi connectivity index (χ0v) is 14.7. The average Bonchev–Trinajstić information content (AvgIpc) is 3.25. The van der Waals surface area contributed by atoms with Gasteiger partial charge in [0.15, 0.2) is 0 Å². The van der Waals surface area contributed by atoms with E-state index in [9.17, 15) is 4.79 Å². The van der Waals surface area contributed by atoms with Crippen molar-refractivity contribution in [2.75, 3.05) is 19.7 Å². The first-order valence-corrected chi connectivity index (χ1v) is 8.90. The molecule has 0 saturated carbocycles. The molecule has 1 fully saturated rings. The van der Waals surface area contributed by atoms with Gasteiger partial charge in [0, 0.05) is 37.6 Å². The molecule has 1 aliphatic rings. The lowest BCUT2D eigenvalue weighted by atomic mass is 9.94. The van der Waals surface area contributed by atoms with Crippen LogP contribution in [0.15, 0.2) is 30.7 Å². The van der Waals surface area contributed by atoms with Crippen molar-refractivity contribution in [2.45, 2.75) is 32.2 Å². The molecule has 0 aliphatic carbocycles. The van der Waals surface area contributed by atoms with Crippen molar-refractivity contribution in [1.82, 2.24) is 29.0 Å². The number of aromatic nitrogens is 5. The Bertz CT molecular complexity index is 931. The number of hydrogen-bond acceptors (Lipinski definition) is 5. The number of aryl methyl sites for hydroxylation is 1. The van der Waals surface area contributed by atoms with Gasteiger partial charge in [0.05, 0.1) is 24.5 Å². The predicted octanol–water partition coefficient (Wildman–Crippen LogP) is 1.25. The largest absolute Gasteiger partial charge is 0.394 e. The molecule has 8 nitrogen and oxygen atoms in total. The molecule has 0 spiro atoms. The van der Waals surface area contributed by atoms with E-state index < -0.39 is 0 Å². The highest BCUT2D eigenvalue weighted by molar-refractivity contribution is 5.94. The van der Waals surface area contributed by atoms with Crippen molar-refractivity contribution in [2.24, 2.45) is 0 Å². The number of rotatable bonds is 4. The summed E-state index contributed by atoms with van der Waals surface area (Å²) in [6.45, 7) is 3.78. The highest BCUT2D eigenvalue weighted by Crippen LogP contribution is 2.27. The molecule has 1 aliphatic heterocycles. The molecule has 4 rings (SSSR count). The monoisotopic (exact) mass is 354 g/mol. The van der Waals surface area contributed by atoms with Gasteiger partial charge in [-0.2, -0.15) is 5.10 Å². The highest BCUT2D eigenvalue weighted by Gasteiger charge is 2.29. The summed E-state index contributed by atoms with van der Waals surface area (Å²) in [6.07, 6.45) is 7.33. The first-order chi connectivity index (χ1) is 12.7. The van der Waals surface area contributed by atoms with Crippen LogP contribution in [0.5, 0.6) is 0 Å². The number of aliphatic hydroxyl groups excluding tert-OH is 1. The lowest BCUT2D eigenvalue weighted by Crippen LogP contribution is -2.40. The van der Waals surface area contributed by atoms with Crippen LogP contribution in [-0.2, 0) is 6.54 Å². The summed E-state index contributed by atoms with van der Waals surface area (Å²) in [4.78, 5) is 23.7. The Hall–Kier alpha value is -2.74. The van der Waals surface area contributed by atoms with E-state index in [0.29, 0.717) is 30.3 Å². The molecule has 0 aromatic carbocycles. The number of fused-ring (bicyclic) bond motifs is 1. The second-order valence-corrected chi connectivity index (χ2v) is 6.65. The van der Waals surface area contributed by atoms with E-state index in [1.165, 1.54) is 0 Å². The van der Waals surface area contributed by atoms with Gasteiger partial charge in [0.2, 0.25) is 5.78 Å². The van der Waals surface area contributed by atoms with E-state index in [1.54, 1.807) is 21.3 Å². The summed E-state index contributed by atoms with van der Waals surface area (Å²) in [7, 11) is 0. The number of piperidine rings is 1. The summed E-state index contributed by atoms with van der Waals surface area (Å²) in [5, 5.41) is 13.6. The Kier molecular flexibility index (Phi) is 4.42. The number of likely N-dealkylation sites (tertiary alicyclic amines) is 1. The number of amides is 1. The first kappa shape index (κ1) is 16.7. The first-order valence-electron chi connectivity index (χ1n) is 8.90. The second-order valence-electron chi connectivity index (χ2n) is 6.65. The van der Waals surface area contributed by atoms with E-state index in [-0.39, 0.29) is 18.4 Å². The number of carbonyl (C=O) groups is 1. The molecule has 4 heterocycles. The third kappa shape index (κ3) is 2.96. The summed E-state index contributed by atoms with van der Waals surface area (Å²) in [5.74, 6) is 0.748. The molecule has 26 heavy (non-hydrogen) atoms. The van der Waals surface area contributed by atoms with Gasteiger partial charge in [0.25, 0.3) is 5.91 Å². The van der Waals surface area contributed by atoms with Gasteiger partial charge in [-0.25, -0.2) is 9.97 Å². The maximum absolute atomic E-state index is 13.2. The van der Waals surface area contributed by atoms with E-state index >= 15 is 0 Å². The minimum absolute atomic E-state index is 0.0116. The average molecular weight is 354 g/mol. The normalized spacial score (nSPS) is 17.8. The Labute approximate surface area is 151 Å². The van der Waals surface area contributed by atoms with Crippen LogP contribution in [0.1, 0.15) is 40.6 Å². The highest BCUT2D eigenvalue weighted by atomic mass is 16.3. The van der Waals surface area contributed by atoms with Crippen molar-refractivity contribution in [3.05, 3.63) is 47.8 Å². The minimum Gasteiger partial charge on any atom is -0.394 e. The topological polar surface area (TPSA) is 88.6 Å². The zero-order valence-electron chi connectivity index (χ0n) is 14.7. The quantitative estimate of drug-likeness (QED) is 0.762. The van der Waals surface area contributed by atoms with Crippen molar-refractivity contribution in [3.8, 4) is 0 Å². The van der Waals surface area contributed by atoms with Crippen LogP contribution in [0.25, 0.3) is 5.78 Å². The van der Waals surface area contributed by atoms with Crippen LogP contribution in [0, 0.1) is 6.92 Å². The number of imidazole rings is 1. The molecule has 0 bridgehead atoms. The smallest absolute Gasteiger partial charge is 0.272 e. The van der Waals surface area contributed by atoms with Crippen molar-refractivity contribution in [3.63, 3.8) is 0 Å². The van der Waals surface area contributed by atoms with Crippen molar-refractivity contribution >= 4 is 11.7 Å². The number of hydrogen-bond donors (Lipinski definition) is 1. The third-order valence-corrected chi connectivity index (χ3v) is 4.90. The summed E-state index contributed by atoms with van der Waals surface area (Å²) in [5.41, 5.74) is 2.26. The summed E-state index contributed by atoms with van der Waals surface area (Å²) >= 11 is 0. The van der Waals surface area contributed by atoms with E-state index in [1.807, 2.05) is 30.3 Å². The zero-order chi connectivity index (χ0) is 18.1. The Balaban J connectivity index is 1.57. The number of aliphatic hydroxyl groups is 1. The molecule has 3 aromatic rings. The maximum atomic E-state index is 13.2. The van der Waals surface area contributed by atoms with E-state index in [4.69, 9.17) is 5.11 Å². The number of carbonyl (C=O) groups excluding carboxylic acids is 1. The maximum Gasteiger partial charge on any atom is 0.272 e. The SMILES string of the molecule is Cc1nc2ncccn2c1C(=O)N1CCC[C@@H](c2ccn(CCO)n2)C1. The number of nitrogens with zero attached hydrogens (tertiary/aromatic N) is 6.